The zero-order valence-electron chi connectivity index (χ0n) is 46.2. The molecule has 82 heavy (non-hydrogen) atoms. The van der Waals surface area contributed by atoms with Crippen LogP contribution in [0.3, 0.4) is 0 Å². The van der Waals surface area contributed by atoms with E-state index in [-0.39, 0.29) is 61.6 Å². The number of sulfonamides is 3. The third kappa shape index (κ3) is 13.2. The Kier molecular flexibility index (Phi) is 18.1. The first kappa shape index (κ1) is 59.9. The summed E-state index contributed by atoms with van der Waals surface area (Å²) in [4.78, 5) is 41.3. The Hall–Kier alpha value is -5.22. The standard InChI is InChI=1S/C20H25N3O3S2.2C19H22N2O4S2/c1-14-3-5-16-15(13-14)4-6-17(16)21-20(24)18-7-8-19(27-18)28(25,26)23-11-9-22(2)10-12-23;2*1-12-2-4-15-13(10-12)3-5-16(15)20-19(23)17-6-7-18(26-17)27(24,25)21-9-8-14(22)11-21/h3,5,7-8,13,17H,4,6,9-12H2,1-2H3,(H,21,24);2*2,4,6-7,10,14,16,22H,3,5,8-9,11H2,1H3,(H,20,23)/t17-;14-,16+;14-,16-/m101/s1. The van der Waals surface area contributed by atoms with Gasteiger partial charge in [-0.3, -0.25) is 14.4 Å². The predicted molar refractivity (Wildman–Crippen MR) is 317 cm³/mol. The minimum atomic E-state index is -3.65. The zero-order chi connectivity index (χ0) is 58.3. The van der Waals surface area contributed by atoms with Gasteiger partial charge in [0.2, 0.25) is 0 Å². The van der Waals surface area contributed by atoms with Crippen molar-refractivity contribution in [3.8, 4) is 0 Å². The Bertz CT molecular complexity index is 3560. The molecule has 3 aromatic heterocycles. The molecule has 12 rings (SSSR count). The highest BCUT2D eigenvalue weighted by molar-refractivity contribution is 7.92. The van der Waals surface area contributed by atoms with Gasteiger partial charge in [-0.2, -0.15) is 12.9 Å². The number of hydrogen-bond acceptors (Lipinski definition) is 15. The number of fused-ring (bicyclic) bond motifs is 3. The SMILES string of the molecule is Cc1ccc2c(c1)CC[C@H]2NC(=O)c1ccc(S(=O)(=O)N2CCN(C)CC2)s1.Cc1ccc2c(c1)CC[C@H]2NC(=O)c1ccc(S(=O)(=O)N2CC[C@@H](O)C2)s1.Cc1ccc2c(c1)CC[C@H]2NC(=O)c1ccc(S(=O)(=O)N2CC[C@H](O)C2)s1. The third-order valence-corrected chi connectivity index (χ3v) is 26.2. The van der Waals surface area contributed by atoms with Crippen LogP contribution in [0.1, 0.15) is 129 Å². The average molecular weight is 1230 g/mol. The lowest BCUT2D eigenvalue weighted by molar-refractivity contribution is 0.0932. The van der Waals surface area contributed by atoms with Crippen LogP contribution in [0.2, 0.25) is 0 Å². The van der Waals surface area contributed by atoms with Crippen molar-refractivity contribution >= 4 is 81.8 Å². The number of amides is 3. The molecule has 3 aliphatic carbocycles. The van der Waals surface area contributed by atoms with Gasteiger partial charge in [0, 0.05) is 52.4 Å². The Morgan fingerprint density at radius 2 is 0.756 bits per heavy atom. The smallest absolute Gasteiger partial charge is 0.261 e. The minimum absolute atomic E-state index is 0.0112. The molecule has 24 heteroatoms. The number of nitrogens with zero attached hydrogens (tertiary/aromatic N) is 4. The van der Waals surface area contributed by atoms with Gasteiger partial charge >= 0.3 is 0 Å². The van der Waals surface area contributed by atoms with Gasteiger partial charge in [0.05, 0.1) is 45.0 Å². The Morgan fingerprint density at radius 3 is 1.06 bits per heavy atom. The maximum absolute atomic E-state index is 12.9. The monoisotopic (exact) mass is 1230 g/mol. The summed E-state index contributed by atoms with van der Waals surface area (Å²) in [7, 11) is -8.85. The minimum Gasteiger partial charge on any atom is -0.392 e. The number of aliphatic hydroxyl groups is 2. The van der Waals surface area contributed by atoms with E-state index in [1.54, 1.807) is 24.3 Å². The molecule has 3 aliphatic heterocycles. The van der Waals surface area contributed by atoms with E-state index in [0.717, 1.165) is 96.8 Å². The number of rotatable bonds is 12. The molecule has 6 aromatic rings. The Labute approximate surface area is 492 Å². The summed E-state index contributed by atoms with van der Waals surface area (Å²) < 4.78 is 80.9. The molecule has 5 N–H and O–H groups in total. The fraction of sp³-hybridized carbons (Fsp3) is 0.431. The molecule has 3 fully saturated rings. The van der Waals surface area contributed by atoms with Crippen molar-refractivity contribution in [1.82, 2.24) is 33.8 Å². The summed E-state index contributed by atoms with van der Waals surface area (Å²) in [5.74, 6) is -0.703. The number of aliphatic hydroxyl groups excluding tert-OH is 2. The fourth-order valence-corrected chi connectivity index (χ4v) is 19.9. The number of thiophene rings is 3. The second-order valence-corrected chi connectivity index (χ2v) is 31.7. The highest BCUT2D eigenvalue weighted by atomic mass is 32.3. The lowest BCUT2D eigenvalue weighted by Gasteiger charge is -2.31. The number of piperazine rings is 1. The number of carbonyl (C=O) groups excluding carboxylic acids is 3. The number of aryl methyl sites for hydroxylation is 6. The maximum Gasteiger partial charge on any atom is 0.261 e. The lowest BCUT2D eigenvalue weighted by Crippen LogP contribution is -2.46. The van der Waals surface area contributed by atoms with Gasteiger partial charge in [0.15, 0.2) is 0 Å². The zero-order valence-corrected chi connectivity index (χ0v) is 51.1. The first-order valence-corrected chi connectivity index (χ1v) is 34.4. The first-order valence-electron chi connectivity index (χ1n) is 27.6. The van der Waals surface area contributed by atoms with Crippen molar-refractivity contribution in [1.29, 1.82) is 0 Å². The summed E-state index contributed by atoms with van der Waals surface area (Å²) in [6, 6.07) is 28.0. The number of likely N-dealkylation sites (N-methyl/N-ethyl adjacent to an activating group) is 1. The molecule has 438 valence electrons. The van der Waals surface area contributed by atoms with Gasteiger partial charge in [-0.15, -0.1) is 34.0 Å². The van der Waals surface area contributed by atoms with Crippen molar-refractivity contribution in [2.75, 3.05) is 59.4 Å². The van der Waals surface area contributed by atoms with Crippen LogP contribution >= 0.6 is 34.0 Å². The molecule has 0 saturated carbocycles. The summed E-state index contributed by atoms with van der Waals surface area (Å²) >= 11 is 3.01. The van der Waals surface area contributed by atoms with E-state index in [9.17, 15) is 49.9 Å². The molecule has 0 bridgehead atoms. The highest BCUT2D eigenvalue weighted by Crippen LogP contribution is 2.37. The van der Waals surface area contributed by atoms with Gasteiger partial charge in [0.1, 0.15) is 12.6 Å². The third-order valence-electron chi connectivity index (χ3n) is 16.0. The molecule has 0 radical (unpaired) electrons. The second kappa shape index (κ2) is 24.8. The van der Waals surface area contributed by atoms with Crippen molar-refractivity contribution in [3.63, 3.8) is 0 Å². The van der Waals surface area contributed by atoms with Gasteiger partial charge in [-0.25, -0.2) is 25.3 Å². The van der Waals surface area contributed by atoms with Gasteiger partial charge in [-0.05, 0) is 149 Å². The van der Waals surface area contributed by atoms with Crippen molar-refractivity contribution in [2.45, 2.75) is 115 Å². The molecule has 18 nitrogen and oxygen atoms in total. The molecule has 0 unspecified atom stereocenters. The molecule has 5 atom stereocenters. The topological polar surface area (TPSA) is 243 Å². The summed E-state index contributed by atoms with van der Waals surface area (Å²) in [6.07, 6.45) is 5.06. The van der Waals surface area contributed by atoms with Crippen LogP contribution in [0.25, 0.3) is 0 Å². The second-order valence-electron chi connectivity index (χ2n) is 22.0. The van der Waals surface area contributed by atoms with Gasteiger partial charge in [0.25, 0.3) is 47.8 Å². The number of hydrogen-bond donors (Lipinski definition) is 5. The highest BCUT2D eigenvalue weighted by Gasteiger charge is 2.36. The van der Waals surface area contributed by atoms with E-state index in [0.29, 0.717) is 53.7 Å². The van der Waals surface area contributed by atoms with Crippen molar-refractivity contribution in [3.05, 3.63) is 156 Å². The van der Waals surface area contributed by atoms with E-state index in [2.05, 4.69) is 84.1 Å². The molecule has 3 amide bonds. The van der Waals surface area contributed by atoms with E-state index >= 15 is 0 Å². The molecular weight excluding hydrogens is 1160 g/mol. The van der Waals surface area contributed by atoms with Crippen LogP contribution in [0.4, 0.5) is 0 Å². The van der Waals surface area contributed by atoms with E-state index in [4.69, 9.17) is 0 Å². The van der Waals surface area contributed by atoms with Crippen LogP contribution in [0.5, 0.6) is 0 Å². The summed E-state index contributed by atoms with van der Waals surface area (Å²) in [5.41, 5.74) is 10.9. The molecule has 3 aromatic carbocycles. The lowest BCUT2D eigenvalue weighted by atomic mass is 10.1. The summed E-state index contributed by atoms with van der Waals surface area (Å²) in [6.45, 7) is 9.42. The van der Waals surface area contributed by atoms with Crippen LogP contribution < -0.4 is 16.0 Å². The van der Waals surface area contributed by atoms with Crippen LogP contribution in [0.15, 0.2) is 104 Å². The van der Waals surface area contributed by atoms with Crippen molar-refractivity contribution in [2.24, 2.45) is 0 Å². The maximum atomic E-state index is 12.9. The van der Waals surface area contributed by atoms with Crippen LogP contribution in [-0.2, 0) is 49.3 Å². The molecular formula is C58H69N7O11S6. The normalized spacial score (nSPS) is 22.1. The molecule has 6 aliphatic rings. The number of benzene rings is 3. The fourth-order valence-electron chi connectivity index (χ4n) is 11.4. The Morgan fingerprint density at radius 1 is 0.439 bits per heavy atom. The number of carbonyl (C=O) groups is 3. The van der Waals surface area contributed by atoms with Gasteiger partial charge in [-0.1, -0.05) is 71.3 Å². The molecule has 6 heterocycles. The Balaban J connectivity index is 0.000000138. The number of nitrogens with one attached hydrogen (secondary N) is 3. The summed E-state index contributed by atoms with van der Waals surface area (Å²) in [5, 5.41) is 28.3. The van der Waals surface area contributed by atoms with Crippen LogP contribution in [-0.4, -0.2) is 143 Å². The van der Waals surface area contributed by atoms with Gasteiger partial charge < -0.3 is 31.1 Å². The molecule has 0 spiro atoms. The largest absolute Gasteiger partial charge is 0.392 e. The quantitative estimate of drug-likeness (QED) is 0.0844. The predicted octanol–water partition coefficient (Wildman–Crippen LogP) is 6.87. The molecule has 3 saturated heterocycles. The van der Waals surface area contributed by atoms with Crippen molar-refractivity contribution < 1.29 is 49.9 Å². The van der Waals surface area contributed by atoms with E-state index < -0.39 is 42.3 Å². The van der Waals surface area contributed by atoms with Crippen LogP contribution in [0, 0.1) is 20.8 Å². The van der Waals surface area contributed by atoms with E-state index in [1.807, 2.05) is 19.2 Å². The first-order chi connectivity index (χ1) is 39.0. The average Bonchev–Trinajstić information content (AvgIpc) is 4.43. The van der Waals surface area contributed by atoms with E-state index in [1.165, 1.54) is 64.0 Å². The number of β-amino-alcohol motifs (C(OH)–C–C–N with tert-alkyl or cyclic N) is 2.